The summed E-state index contributed by atoms with van der Waals surface area (Å²) in [6.45, 7) is 0.322. The molecule has 0 spiro atoms. The Labute approximate surface area is 152 Å². The van der Waals surface area contributed by atoms with Gasteiger partial charge < -0.3 is 14.8 Å². The Morgan fingerprint density at radius 2 is 1.96 bits per heavy atom. The highest BCUT2D eigenvalue weighted by molar-refractivity contribution is 7.91. The van der Waals surface area contributed by atoms with Crippen molar-refractivity contribution in [3.8, 4) is 11.5 Å². The van der Waals surface area contributed by atoms with E-state index in [0.717, 1.165) is 4.31 Å². The standard InChI is InChI=1S/C15H20N2O7S2/c1-17(9-15(18)16-11-4-7-25(19,20)10-11)26(21,22)12-2-3-13-14(8-12)24-6-5-23-13/h2-3,8,11H,4-7,9-10H2,1H3,(H,16,18)/t11-/m0/s1. The number of hydrogen-bond acceptors (Lipinski definition) is 7. The predicted molar refractivity (Wildman–Crippen MR) is 92.4 cm³/mol. The fourth-order valence-corrected chi connectivity index (χ4v) is 5.65. The summed E-state index contributed by atoms with van der Waals surface area (Å²) in [5.41, 5.74) is 0. The molecule has 0 bridgehead atoms. The van der Waals surface area contributed by atoms with Crippen molar-refractivity contribution in [3.63, 3.8) is 0 Å². The van der Waals surface area contributed by atoms with Gasteiger partial charge in [-0.2, -0.15) is 4.31 Å². The maximum atomic E-state index is 12.6. The number of nitrogens with zero attached hydrogens (tertiary/aromatic N) is 1. The minimum Gasteiger partial charge on any atom is -0.486 e. The van der Waals surface area contributed by atoms with Crippen LogP contribution in [0.5, 0.6) is 11.5 Å². The minimum absolute atomic E-state index is 0.0134. The van der Waals surface area contributed by atoms with E-state index in [-0.39, 0.29) is 16.4 Å². The van der Waals surface area contributed by atoms with Crippen molar-refractivity contribution in [1.29, 1.82) is 0 Å². The number of ether oxygens (including phenoxy) is 2. The van der Waals surface area contributed by atoms with E-state index in [1.165, 1.54) is 25.2 Å². The van der Waals surface area contributed by atoms with E-state index in [0.29, 0.717) is 31.1 Å². The summed E-state index contributed by atoms with van der Waals surface area (Å²) in [6, 6.07) is 3.79. The number of hydrogen-bond donors (Lipinski definition) is 1. The van der Waals surface area contributed by atoms with Gasteiger partial charge in [-0.3, -0.25) is 4.79 Å². The molecule has 0 aliphatic carbocycles. The second-order valence-corrected chi connectivity index (χ2v) is 10.5. The molecule has 0 unspecified atom stereocenters. The van der Waals surface area contributed by atoms with Crippen molar-refractivity contribution < 1.29 is 31.1 Å². The molecule has 0 saturated carbocycles. The largest absolute Gasteiger partial charge is 0.486 e. The fourth-order valence-electron chi connectivity index (χ4n) is 2.83. The number of benzene rings is 1. The first kappa shape index (κ1) is 18.9. The van der Waals surface area contributed by atoms with Gasteiger partial charge in [-0.1, -0.05) is 0 Å². The molecule has 144 valence electrons. The number of carbonyl (C=O) groups is 1. The number of amides is 1. The first-order valence-corrected chi connectivity index (χ1v) is 11.3. The molecule has 2 aliphatic heterocycles. The Morgan fingerprint density at radius 3 is 2.62 bits per heavy atom. The average molecular weight is 404 g/mol. The van der Waals surface area contributed by atoms with E-state index < -0.39 is 38.4 Å². The number of carbonyl (C=O) groups excluding carboxylic acids is 1. The van der Waals surface area contributed by atoms with Gasteiger partial charge in [0, 0.05) is 19.2 Å². The van der Waals surface area contributed by atoms with Crippen LogP contribution in [-0.4, -0.2) is 71.4 Å². The molecule has 2 heterocycles. The Morgan fingerprint density at radius 1 is 1.27 bits per heavy atom. The van der Waals surface area contributed by atoms with Gasteiger partial charge in [0.25, 0.3) is 0 Å². The van der Waals surface area contributed by atoms with Crippen molar-refractivity contribution in [2.75, 3.05) is 38.3 Å². The molecule has 1 saturated heterocycles. The number of sulfonamides is 1. The molecule has 0 radical (unpaired) electrons. The lowest BCUT2D eigenvalue weighted by molar-refractivity contribution is -0.121. The molecule has 1 N–H and O–H groups in total. The molecule has 1 amide bonds. The third-order valence-electron chi connectivity index (χ3n) is 4.19. The maximum absolute atomic E-state index is 12.6. The normalized spacial score (nSPS) is 21.5. The number of likely N-dealkylation sites (N-methyl/N-ethyl adjacent to an activating group) is 1. The number of sulfone groups is 1. The lowest BCUT2D eigenvalue weighted by Gasteiger charge is -2.21. The fraction of sp³-hybridized carbons (Fsp3) is 0.533. The zero-order chi connectivity index (χ0) is 18.9. The molecule has 26 heavy (non-hydrogen) atoms. The van der Waals surface area contributed by atoms with Crippen LogP contribution in [0.2, 0.25) is 0 Å². The summed E-state index contributed by atoms with van der Waals surface area (Å²) in [7, 11) is -5.74. The van der Waals surface area contributed by atoms with Crippen molar-refractivity contribution in [2.24, 2.45) is 0 Å². The second kappa shape index (κ2) is 7.05. The molecule has 2 aliphatic rings. The van der Waals surface area contributed by atoms with Crippen LogP contribution in [0.3, 0.4) is 0 Å². The van der Waals surface area contributed by atoms with Crippen LogP contribution in [0.15, 0.2) is 23.1 Å². The third kappa shape index (κ3) is 4.10. The third-order valence-corrected chi connectivity index (χ3v) is 7.75. The topological polar surface area (TPSA) is 119 Å². The summed E-state index contributed by atoms with van der Waals surface area (Å²) in [5, 5.41) is 2.57. The lowest BCUT2D eigenvalue weighted by Crippen LogP contribution is -2.43. The van der Waals surface area contributed by atoms with Crippen LogP contribution < -0.4 is 14.8 Å². The molecule has 1 aromatic carbocycles. The smallest absolute Gasteiger partial charge is 0.243 e. The number of nitrogens with one attached hydrogen (secondary N) is 1. The van der Waals surface area contributed by atoms with Crippen molar-refractivity contribution in [1.82, 2.24) is 9.62 Å². The average Bonchev–Trinajstić information content (AvgIpc) is 2.92. The summed E-state index contributed by atoms with van der Waals surface area (Å²) in [5.74, 6) is 0.181. The molecular formula is C15H20N2O7S2. The van der Waals surface area contributed by atoms with Crippen LogP contribution in [0.25, 0.3) is 0 Å². The van der Waals surface area contributed by atoms with E-state index in [9.17, 15) is 21.6 Å². The van der Waals surface area contributed by atoms with E-state index in [4.69, 9.17) is 9.47 Å². The highest BCUT2D eigenvalue weighted by Gasteiger charge is 2.30. The monoisotopic (exact) mass is 404 g/mol. The van der Waals surface area contributed by atoms with E-state index in [1.54, 1.807) is 0 Å². The molecule has 0 aromatic heterocycles. The molecule has 1 aromatic rings. The van der Waals surface area contributed by atoms with E-state index >= 15 is 0 Å². The van der Waals surface area contributed by atoms with Crippen molar-refractivity contribution in [2.45, 2.75) is 17.4 Å². The van der Waals surface area contributed by atoms with Gasteiger partial charge in [0.15, 0.2) is 21.3 Å². The maximum Gasteiger partial charge on any atom is 0.243 e. The van der Waals surface area contributed by atoms with Crippen molar-refractivity contribution >= 4 is 25.8 Å². The summed E-state index contributed by atoms with van der Waals surface area (Å²) in [4.78, 5) is 12.1. The molecule has 1 fully saturated rings. The lowest BCUT2D eigenvalue weighted by atomic mass is 10.2. The van der Waals surface area contributed by atoms with Crippen molar-refractivity contribution in [3.05, 3.63) is 18.2 Å². The Kier molecular flexibility index (Phi) is 5.13. The van der Waals surface area contributed by atoms with Crippen LogP contribution >= 0.6 is 0 Å². The SMILES string of the molecule is CN(CC(=O)N[C@H]1CCS(=O)(=O)C1)S(=O)(=O)c1ccc2c(c1)OCCO2. The van der Waals surface area contributed by atoms with Crippen LogP contribution in [0.1, 0.15) is 6.42 Å². The van der Waals surface area contributed by atoms with Gasteiger partial charge in [0.1, 0.15) is 13.2 Å². The van der Waals surface area contributed by atoms with Crippen LogP contribution in [0, 0.1) is 0 Å². The molecular weight excluding hydrogens is 384 g/mol. The zero-order valence-corrected chi connectivity index (χ0v) is 15.8. The quantitative estimate of drug-likeness (QED) is 0.695. The van der Waals surface area contributed by atoms with E-state index in [1.807, 2.05) is 0 Å². The highest BCUT2D eigenvalue weighted by atomic mass is 32.2. The Balaban J connectivity index is 1.66. The van der Waals surface area contributed by atoms with Gasteiger partial charge in [-0.25, -0.2) is 16.8 Å². The first-order valence-electron chi connectivity index (χ1n) is 8.03. The Hall–Kier alpha value is -1.85. The minimum atomic E-state index is -3.91. The van der Waals surface area contributed by atoms with Gasteiger partial charge in [0.05, 0.1) is 22.9 Å². The molecule has 11 heteroatoms. The first-order chi connectivity index (χ1) is 12.2. The Bertz CT molecular complexity index is 912. The van der Waals surface area contributed by atoms with Gasteiger partial charge in [-0.05, 0) is 18.6 Å². The molecule has 9 nitrogen and oxygen atoms in total. The predicted octanol–water partition coefficient (Wildman–Crippen LogP) is -0.618. The van der Waals surface area contributed by atoms with E-state index in [2.05, 4.69) is 5.32 Å². The summed E-state index contributed by atoms with van der Waals surface area (Å²) < 4.78 is 59.8. The summed E-state index contributed by atoms with van der Waals surface area (Å²) >= 11 is 0. The van der Waals surface area contributed by atoms with Crippen LogP contribution in [0.4, 0.5) is 0 Å². The zero-order valence-electron chi connectivity index (χ0n) is 14.2. The second-order valence-electron chi connectivity index (χ2n) is 6.23. The van der Waals surface area contributed by atoms with Crippen LogP contribution in [-0.2, 0) is 24.7 Å². The molecule has 1 atom stereocenters. The van der Waals surface area contributed by atoms with Gasteiger partial charge in [-0.15, -0.1) is 0 Å². The van der Waals surface area contributed by atoms with Gasteiger partial charge >= 0.3 is 0 Å². The summed E-state index contributed by atoms with van der Waals surface area (Å²) in [6.07, 6.45) is 0.340. The molecule has 3 rings (SSSR count). The van der Waals surface area contributed by atoms with Gasteiger partial charge in [0.2, 0.25) is 15.9 Å². The highest BCUT2D eigenvalue weighted by Crippen LogP contribution is 2.32. The number of fused-ring (bicyclic) bond motifs is 1. The number of rotatable bonds is 5.